The SMILES string of the molecule is Fc1ccc(Cc2nccc(CNC3CC3)n2)c(F)c1. The smallest absolute Gasteiger partial charge is 0.133 e. The van der Waals surface area contributed by atoms with Gasteiger partial charge >= 0.3 is 0 Å². The van der Waals surface area contributed by atoms with E-state index in [0.29, 0.717) is 24.0 Å². The number of rotatable bonds is 5. The zero-order valence-electron chi connectivity index (χ0n) is 10.9. The number of hydrogen-bond donors (Lipinski definition) is 1. The number of halogens is 2. The average molecular weight is 275 g/mol. The van der Waals surface area contributed by atoms with Gasteiger partial charge in [0.2, 0.25) is 0 Å². The van der Waals surface area contributed by atoms with Crippen molar-refractivity contribution < 1.29 is 8.78 Å². The Kier molecular flexibility index (Phi) is 3.69. The molecule has 0 unspecified atom stereocenters. The summed E-state index contributed by atoms with van der Waals surface area (Å²) in [5, 5.41) is 3.37. The van der Waals surface area contributed by atoms with Crippen molar-refractivity contribution in [2.24, 2.45) is 0 Å². The highest BCUT2D eigenvalue weighted by Gasteiger charge is 2.20. The molecule has 0 spiro atoms. The van der Waals surface area contributed by atoms with Gasteiger partial charge in [0.05, 0.1) is 5.69 Å². The molecule has 1 N–H and O–H groups in total. The fraction of sp³-hybridized carbons (Fsp3) is 0.333. The fourth-order valence-electron chi connectivity index (χ4n) is 2.00. The Hall–Kier alpha value is -1.88. The quantitative estimate of drug-likeness (QED) is 0.911. The second kappa shape index (κ2) is 5.63. The Labute approximate surface area is 116 Å². The Balaban J connectivity index is 1.70. The van der Waals surface area contributed by atoms with E-state index < -0.39 is 11.6 Å². The zero-order chi connectivity index (χ0) is 13.9. The standard InChI is InChI=1S/C15H15F2N3/c16-11-2-1-10(14(17)8-11)7-15-18-6-5-13(20-15)9-19-12-3-4-12/h1-2,5-6,8,12,19H,3-4,7,9H2. The summed E-state index contributed by atoms with van der Waals surface area (Å²) in [4.78, 5) is 8.54. The third kappa shape index (κ3) is 3.36. The Morgan fingerprint density at radius 3 is 2.80 bits per heavy atom. The third-order valence-corrected chi connectivity index (χ3v) is 3.28. The summed E-state index contributed by atoms with van der Waals surface area (Å²) >= 11 is 0. The van der Waals surface area contributed by atoms with E-state index in [-0.39, 0.29) is 6.42 Å². The van der Waals surface area contributed by atoms with Gasteiger partial charge < -0.3 is 5.32 Å². The van der Waals surface area contributed by atoms with Gasteiger partial charge in [-0.1, -0.05) is 6.07 Å². The molecule has 1 fully saturated rings. The molecule has 1 aliphatic carbocycles. The molecule has 1 aromatic carbocycles. The highest BCUT2D eigenvalue weighted by atomic mass is 19.1. The lowest BCUT2D eigenvalue weighted by Gasteiger charge is -2.06. The Morgan fingerprint density at radius 2 is 2.05 bits per heavy atom. The second-order valence-corrected chi connectivity index (χ2v) is 5.03. The summed E-state index contributed by atoms with van der Waals surface area (Å²) in [5.74, 6) is -0.588. The Morgan fingerprint density at radius 1 is 1.20 bits per heavy atom. The van der Waals surface area contributed by atoms with E-state index >= 15 is 0 Å². The lowest BCUT2D eigenvalue weighted by Crippen LogP contribution is -2.17. The minimum absolute atomic E-state index is 0.267. The van der Waals surface area contributed by atoms with Crippen LogP contribution in [-0.4, -0.2) is 16.0 Å². The summed E-state index contributed by atoms with van der Waals surface area (Å²) in [5.41, 5.74) is 1.29. The van der Waals surface area contributed by atoms with Crippen LogP contribution in [0.25, 0.3) is 0 Å². The van der Waals surface area contributed by atoms with Crippen molar-refractivity contribution in [3.05, 3.63) is 59.2 Å². The number of benzene rings is 1. The van der Waals surface area contributed by atoms with Crippen LogP contribution in [0.5, 0.6) is 0 Å². The summed E-state index contributed by atoms with van der Waals surface area (Å²) in [7, 11) is 0. The van der Waals surface area contributed by atoms with Crippen LogP contribution >= 0.6 is 0 Å². The van der Waals surface area contributed by atoms with E-state index in [4.69, 9.17) is 0 Å². The topological polar surface area (TPSA) is 37.8 Å². The van der Waals surface area contributed by atoms with Crippen LogP contribution < -0.4 is 5.32 Å². The highest BCUT2D eigenvalue weighted by Crippen LogP contribution is 2.19. The Bertz CT molecular complexity index is 612. The lowest BCUT2D eigenvalue weighted by molar-refractivity contribution is 0.573. The van der Waals surface area contributed by atoms with Crippen molar-refractivity contribution >= 4 is 0 Å². The van der Waals surface area contributed by atoms with Crippen LogP contribution in [-0.2, 0) is 13.0 Å². The summed E-state index contributed by atoms with van der Waals surface area (Å²) < 4.78 is 26.4. The first kappa shape index (κ1) is 13.1. The summed E-state index contributed by atoms with van der Waals surface area (Å²) in [6.45, 7) is 0.700. The van der Waals surface area contributed by atoms with Gasteiger partial charge in [-0.05, 0) is 30.5 Å². The molecule has 3 nitrogen and oxygen atoms in total. The fourth-order valence-corrected chi connectivity index (χ4v) is 2.00. The molecule has 0 saturated heterocycles. The molecule has 5 heteroatoms. The minimum Gasteiger partial charge on any atom is -0.308 e. The van der Waals surface area contributed by atoms with E-state index in [1.54, 1.807) is 6.20 Å². The van der Waals surface area contributed by atoms with Crippen LogP contribution in [0.1, 0.15) is 29.9 Å². The lowest BCUT2D eigenvalue weighted by atomic mass is 10.1. The van der Waals surface area contributed by atoms with Crippen LogP contribution in [0.4, 0.5) is 8.78 Å². The molecule has 3 rings (SSSR count). The maximum Gasteiger partial charge on any atom is 0.133 e. The van der Waals surface area contributed by atoms with Gasteiger partial charge in [-0.2, -0.15) is 0 Å². The van der Waals surface area contributed by atoms with E-state index in [9.17, 15) is 8.78 Å². The first-order valence-corrected chi connectivity index (χ1v) is 6.69. The number of aromatic nitrogens is 2. The van der Waals surface area contributed by atoms with Gasteiger partial charge in [-0.15, -0.1) is 0 Å². The predicted molar refractivity (Wildman–Crippen MR) is 71.1 cm³/mol. The highest BCUT2D eigenvalue weighted by molar-refractivity contribution is 5.22. The maximum atomic E-state index is 13.6. The van der Waals surface area contributed by atoms with E-state index in [0.717, 1.165) is 11.8 Å². The van der Waals surface area contributed by atoms with Gasteiger partial charge in [-0.25, -0.2) is 18.7 Å². The van der Waals surface area contributed by atoms with Gasteiger partial charge in [0.1, 0.15) is 17.5 Å². The van der Waals surface area contributed by atoms with Crippen molar-refractivity contribution in [2.45, 2.75) is 31.8 Å². The van der Waals surface area contributed by atoms with E-state index in [1.165, 1.54) is 25.0 Å². The van der Waals surface area contributed by atoms with Gasteiger partial charge in [-0.3, -0.25) is 0 Å². The van der Waals surface area contributed by atoms with Crippen LogP contribution in [0.15, 0.2) is 30.5 Å². The zero-order valence-corrected chi connectivity index (χ0v) is 10.9. The van der Waals surface area contributed by atoms with Crippen LogP contribution in [0.3, 0.4) is 0 Å². The van der Waals surface area contributed by atoms with Gasteiger partial charge in [0.25, 0.3) is 0 Å². The molecule has 104 valence electrons. The van der Waals surface area contributed by atoms with Crippen molar-refractivity contribution in [3.63, 3.8) is 0 Å². The number of nitrogens with zero attached hydrogens (tertiary/aromatic N) is 2. The van der Waals surface area contributed by atoms with Gasteiger partial charge in [0, 0.05) is 31.3 Å². The molecule has 2 aromatic rings. The van der Waals surface area contributed by atoms with E-state index in [1.807, 2.05) is 6.07 Å². The predicted octanol–water partition coefficient (Wildman–Crippen LogP) is 2.60. The molecule has 0 amide bonds. The summed E-state index contributed by atoms with van der Waals surface area (Å²) in [6, 6.07) is 6.02. The molecule has 1 heterocycles. The molecule has 1 saturated carbocycles. The monoisotopic (exact) mass is 275 g/mol. The largest absolute Gasteiger partial charge is 0.308 e. The molecule has 1 aliphatic rings. The molecule has 0 aliphatic heterocycles. The maximum absolute atomic E-state index is 13.6. The molecule has 0 atom stereocenters. The normalized spacial score (nSPS) is 14.5. The molecular weight excluding hydrogens is 260 g/mol. The summed E-state index contributed by atoms with van der Waals surface area (Å²) in [6.07, 6.45) is 4.38. The van der Waals surface area contributed by atoms with Crippen molar-refractivity contribution in [2.75, 3.05) is 0 Å². The second-order valence-electron chi connectivity index (χ2n) is 5.03. The van der Waals surface area contributed by atoms with Crippen LogP contribution in [0.2, 0.25) is 0 Å². The molecular formula is C15H15F2N3. The van der Waals surface area contributed by atoms with Crippen molar-refractivity contribution in [3.8, 4) is 0 Å². The third-order valence-electron chi connectivity index (χ3n) is 3.28. The van der Waals surface area contributed by atoms with Crippen LogP contribution in [0, 0.1) is 11.6 Å². The van der Waals surface area contributed by atoms with Crippen molar-refractivity contribution in [1.82, 2.24) is 15.3 Å². The average Bonchev–Trinajstić information content (AvgIpc) is 3.24. The number of nitrogens with one attached hydrogen (secondary N) is 1. The first-order chi connectivity index (χ1) is 9.70. The first-order valence-electron chi connectivity index (χ1n) is 6.69. The van der Waals surface area contributed by atoms with Crippen molar-refractivity contribution in [1.29, 1.82) is 0 Å². The minimum atomic E-state index is -0.574. The molecule has 20 heavy (non-hydrogen) atoms. The van der Waals surface area contributed by atoms with Gasteiger partial charge in [0.15, 0.2) is 0 Å². The van der Waals surface area contributed by atoms with E-state index in [2.05, 4.69) is 15.3 Å². The molecule has 0 bridgehead atoms. The molecule has 1 aromatic heterocycles. The molecule has 0 radical (unpaired) electrons. The number of hydrogen-bond acceptors (Lipinski definition) is 3.